The molecule has 0 atom stereocenters. The van der Waals surface area contributed by atoms with E-state index < -0.39 is 35.5 Å². The van der Waals surface area contributed by atoms with Gasteiger partial charge >= 0.3 is 11.7 Å². The number of H-pyrrole nitrogens is 1. The van der Waals surface area contributed by atoms with Crippen molar-refractivity contribution in [2.45, 2.75) is 52.5 Å². The van der Waals surface area contributed by atoms with Crippen LogP contribution in [0, 0.1) is 5.82 Å². The molecule has 0 bridgehead atoms. The van der Waals surface area contributed by atoms with E-state index in [2.05, 4.69) is 4.98 Å². The van der Waals surface area contributed by atoms with Gasteiger partial charge in [-0.3, -0.25) is 19.1 Å². The Bertz CT molecular complexity index is 1140. The number of hydrogen-bond acceptors (Lipinski definition) is 6. The van der Waals surface area contributed by atoms with Crippen LogP contribution < -0.4 is 21.9 Å². The van der Waals surface area contributed by atoms with Crippen molar-refractivity contribution >= 4 is 29.5 Å². The molecule has 0 radical (unpaired) electrons. The Morgan fingerprint density at radius 3 is 2.53 bits per heavy atom. The third-order valence-corrected chi connectivity index (χ3v) is 5.15. The molecule has 10 heteroatoms. The Hall–Kier alpha value is -3.69. The minimum atomic E-state index is -0.847. The Balaban J connectivity index is 2.23. The van der Waals surface area contributed by atoms with E-state index in [4.69, 9.17) is 10.5 Å². The lowest BCUT2D eigenvalue weighted by atomic mass is 10.2. The third-order valence-electron chi connectivity index (χ3n) is 5.15. The van der Waals surface area contributed by atoms with Crippen molar-refractivity contribution in [3.05, 3.63) is 62.6 Å². The number of esters is 1. The molecule has 0 unspecified atom stereocenters. The van der Waals surface area contributed by atoms with Crippen LogP contribution in [0.4, 0.5) is 15.9 Å². The smallest absolute Gasteiger partial charge is 0.331 e. The van der Waals surface area contributed by atoms with Gasteiger partial charge in [0, 0.05) is 24.7 Å². The van der Waals surface area contributed by atoms with Gasteiger partial charge < -0.3 is 15.4 Å². The molecule has 0 saturated carbocycles. The summed E-state index contributed by atoms with van der Waals surface area (Å²) < 4.78 is 19.9. The van der Waals surface area contributed by atoms with E-state index >= 15 is 0 Å². The highest BCUT2D eigenvalue weighted by molar-refractivity contribution is 5.98. The van der Waals surface area contributed by atoms with Gasteiger partial charge in [0.2, 0.25) is 0 Å². The number of anilines is 2. The van der Waals surface area contributed by atoms with E-state index in [9.17, 15) is 23.6 Å². The second kappa shape index (κ2) is 13.1. The van der Waals surface area contributed by atoms with Gasteiger partial charge in [0.15, 0.2) is 12.3 Å². The van der Waals surface area contributed by atoms with E-state index in [1.807, 2.05) is 13.8 Å². The van der Waals surface area contributed by atoms with Crippen LogP contribution in [0.25, 0.3) is 6.08 Å². The highest BCUT2D eigenvalue weighted by Crippen LogP contribution is 2.18. The predicted octanol–water partition coefficient (Wildman–Crippen LogP) is 2.84. The van der Waals surface area contributed by atoms with Gasteiger partial charge in [-0.15, -0.1) is 0 Å². The standard InChI is InChI=1S/C24H31FN4O5/c1-3-5-9-15-28(21-22(26)29(14-6-4-2)24(33)27-23(21)32)19(30)16-34-20(31)13-12-17-10-7-8-11-18(17)25/h7-8,10-13H,3-6,9,14-16,26H2,1-2H3,(H,27,32,33)/b13-12+. The summed E-state index contributed by atoms with van der Waals surface area (Å²) in [5.41, 5.74) is 4.76. The summed E-state index contributed by atoms with van der Waals surface area (Å²) in [5, 5.41) is 0. The van der Waals surface area contributed by atoms with E-state index in [-0.39, 0.29) is 30.2 Å². The average Bonchev–Trinajstić information content (AvgIpc) is 2.80. The molecule has 1 amide bonds. The Morgan fingerprint density at radius 2 is 1.85 bits per heavy atom. The number of carbonyl (C=O) groups excluding carboxylic acids is 2. The molecule has 2 aromatic rings. The molecule has 1 aromatic heterocycles. The fraction of sp³-hybridized carbons (Fsp3) is 0.417. The van der Waals surface area contributed by atoms with Crippen LogP contribution in [0.2, 0.25) is 0 Å². The summed E-state index contributed by atoms with van der Waals surface area (Å²) in [6, 6.07) is 5.88. The molecular weight excluding hydrogens is 443 g/mol. The minimum Gasteiger partial charge on any atom is -0.452 e. The molecule has 0 spiro atoms. The van der Waals surface area contributed by atoms with E-state index in [1.165, 1.54) is 28.8 Å². The zero-order valence-electron chi connectivity index (χ0n) is 19.5. The number of aromatic amines is 1. The first-order chi connectivity index (χ1) is 16.3. The van der Waals surface area contributed by atoms with Crippen LogP contribution in [0.15, 0.2) is 39.9 Å². The Morgan fingerprint density at radius 1 is 1.15 bits per heavy atom. The van der Waals surface area contributed by atoms with Gasteiger partial charge in [0.25, 0.3) is 11.5 Å². The third kappa shape index (κ3) is 7.16. The molecule has 0 fully saturated rings. The van der Waals surface area contributed by atoms with Crippen LogP contribution in [0.1, 0.15) is 51.5 Å². The quantitative estimate of drug-likeness (QED) is 0.277. The zero-order chi connectivity index (χ0) is 25.1. The molecule has 2 rings (SSSR count). The maximum atomic E-state index is 13.7. The lowest BCUT2D eigenvalue weighted by Gasteiger charge is -2.24. The highest BCUT2D eigenvalue weighted by atomic mass is 19.1. The number of nitrogens with zero attached hydrogens (tertiary/aromatic N) is 2. The van der Waals surface area contributed by atoms with Gasteiger partial charge in [0.05, 0.1) is 0 Å². The van der Waals surface area contributed by atoms with Crippen molar-refractivity contribution in [2.75, 3.05) is 23.8 Å². The molecule has 0 saturated heterocycles. The molecular formula is C24H31FN4O5. The van der Waals surface area contributed by atoms with E-state index in [1.54, 1.807) is 6.07 Å². The summed E-state index contributed by atoms with van der Waals surface area (Å²) in [6.45, 7) is 3.73. The number of carbonyl (C=O) groups is 2. The predicted molar refractivity (Wildman–Crippen MR) is 129 cm³/mol. The highest BCUT2D eigenvalue weighted by Gasteiger charge is 2.24. The number of hydrogen-bond donors (Lipinski definition) is 2. The van der Waals surface area contributed by atoms with Crippen LogP contribution in [-0.2, 0) is 20.9 Å². The number of rotatable bonds is 12. The number of benzene rings is 1. The summed E-state index contributed by atoms with van der Waals surface area (Å²) in [7, 11) is 0. The molecule has 9 nitrogen and oxygen atoms in total. The lowest BCUT2D eigenvalue weighted by Crippen LogP contribution is -2.43. The van der Waals surface area contributed by atoms with Gasteiger partial charge in [-0.2, -0.15) is 0 Å². The second-order valence-corrected chi connectivity index (χ2v) is 7.71. The Kier molecular flexibility index (Phi) is 10.3. The number of ether oxygens (including phenoxy) is 1. The minimum absolute atomic E-state index is 0.113. The van der Waals surface area contributed by atoms with Crippen molar-refractivity contribution < 1.29 is 18.7 Å². The summed E-state index contributed by atoms with van der Waals surface area (Å²) in [6.07, 6.45) is 5.96. The molecule has 0 aliphatic carbocycles. The number of halogens is 1. The molecule has 1 aromatic carbocycles. The fourth-order valence-electron chi connectivity index (χ4n) is 3.28. The van der Waals surface area contributed by atoms with Crippen molar-refractivity contribution in [1.29, 1.82) is 0 Å². The van der Waals surface area contributed by atoms with E-state index in [0.29, 0.717) is 12.8 Å². The number of nitrogens with one attached hydrogen (secondary N) is 1. The first kappa shape index (κ1) is 26.6. The lowest BCUT2D eigenvalue weighted by molar-refractivity contribution is -0.142. The number of nitrogens with two attached hydrogens (primary N) is 1. The van der Waals surface area contributed by atoms with Crippen LogP contribution in [0.5, 0.6) is 0 Å². The summed E-state index contributed by atoms with van der Waals surface area (Å²) >= 11 is 0. The topological polar surface area (TPSA) is 127 Å². The summed E-state index contributed by atoms with van der Waals surface area (Å²) in [4.78, 5) is 53.2. The SMILES string of the molecule is CCCCCN(C(=O)COC(=O)/C=C/c1ccccc1F)c1c(N)n(CCCC)c(=O)[nH]c1=O. The number of unbranched alkanes of at least 4 members (excludes halogenated alkanes) is 3. The second-order valence-electron chi connectivity index (χ2n) is 7.71. The Labute approximate surface area is 197 Å². The maximum Gasteiger partial charge on any atom is 0.331 e. The molecule has 34 heavy (non-hydrogen) atoms. The summed E-state index contributed by atoms with van der Waals surface area (Å²) in [5.74, 6) is -2.13. The van der Waals surface area contributed by atoms with E-state index in [0.717, 1.165) is 30.2 Å². The molecule has 1 heterocycles. The van der Waals surface area contributed by atoms with Crippen molar-refractivity contribution in [3.8, 4) is 0 Å². The van der Waals surface area contributed by atoms with Crippen LogP contribution in [-0.4, -0.2) is 34.6 Å². The fourth-order valence-corrected chi connectivity index (χ4v) is 3.28. The van der Waals surface area contributed by atoms with Crippen molar-refractivity contribution in [2.24, 2.45) is 0 Å². The van der Waals surface area contributed by atoms with Gasteiger partial charge in [-0.1, -0.05) is 51.3 Å². The largest absolute Gasteiger partial charge is 0.452 e. The van der Waals surface area contributed by atoms with Crippen molar-refractivity contribution in [3.63, 3.8) is 0 Å². The maximum absolute atomic E-state index is 13.7. The van der Waals surface area contributed by atoms with Crippen molar-refractivity contribution in [1.82, 2.24) is 9.55 Å². The number of nitrogen functional groups attached to an aromatic ring is 1. The molecule has 0 aliphatic rings. The molecule has 184 valence electrons. The zero-order valence-corrected chi connectivity index (χ0v) is 19.5. The first-order valence-electron chi connectivity index (χ1n) is 11.3. The van der Waals surface area contributed by atoms with Gasteiger partial charge in [0.1, 0.15) is 11.6 Å². The van der Waals surface area contributed by atoms with Gasteiger partial charge in [-0.05, 0) is 25.0 Å². The van der Waals surface area contributed by atoms with Crippen LogP contribution in [0.3, 0.4) is 0 Å². The number of aromatic nitrogens is 2. The molecule has 0 aliphatic heterocycles. The first-order valence-corrected chi connectivity index (χ1v) is 11.3. The molecule has 3 N–H and O–H groups in total. The van der Waals surface area contributed by atoms with Crippen LogP contribution >= 0.6 is 0 Å². The number of amides is 1. The monoisotopic (exact) mass is 474 g/mol. The van der Waals surface area contributed by atoms with Gasteiger partial charge in [-0.25, -0.2) is 14.0 Å². The normalized spacial score (nSPS) is 11.0. The average molecular weight is 475 g/mol.